The molecule has 2 nitrogen and oxygen atoms in total. The predicted octanol–water partition coefficient (Wildman–Crippen LogP) is 5.04. The number of benzene rings is 1. The number of hydrogen-bond donors (Lipinski definition) is 1. The molecule has 6 heteroatoms. The van der Waals surface area contributed by atoms with Crippen molar-refractivity contribution in [3.8, 4) is 0 Å². The van der Waals surface area contributed by atoms with Crippen molar-refractivity contribution in [1.29, 1.82) is 0 Å². The van der Waals surface area contributed by atoms with Crippen LogP contribution in [-0.2, 0) is 19.8 Å². The van der Waals surface area contributed by atoms with Gasteiger partial charge in [-0.25, -0.2) is 0 Å². The lowest BCUT2D eigenvalue weighted by molar-refractivity contribution is -0.137. The van der Waals surface area contributed by atoms with Crippen molar-refractivity contribution in [1.82, 2.24) is 4.57 Å². The zero-order chi connectivity index (χ0) is 15.8. The second kappa shape index (κ2) is 5.75. The van der Waals surface area contributed by atoms with Crippen LogP contribution >= 0.6 is 15.9 Å². The van der Waals surface area contributed by atoms with Crippen LogP contribution < -0.4 is 5.32 Å². The van der Waals surface area contributed by atoms with Crippen molar-refractivity contribution >= 4 is 21.6 Å². The van der Waals surface area contributed by atoms with E-state index in [-0.39, 0.29) is 0 Å². The summed E-state index contributed by atoms with van der Waals surface area (Å²) in [5.74, 6) is 0. The van der Waals surface area contributed by atoms with Gasteiger partial charge in [0, 0.05) is 35.1 Å². The first-order chi connectivity index (χ1) is 9.68. The summed E-state index contributed by atoms with van der Waals surface area (Å²) in [5, 5.41) is 3.05. The molecular formula is C15H16BrF3N2. The molecule has 0 saturated heterocycles. The molecule has 1 aromatic carbocycles. The van der Waals surface area contributed by atoms with Gasteiger partial charge >= 0.3 is 6.18 Å². The van der Waals surface area contributed by atoms with Crippen molar-refractivity contribution in [3.05, 3.63) is 51.3 Å². The molecule has 1 heterocycles. The van der Waals surface area contributed by atoms with E-state index in [4.69, 9.17) is 0 Å². The Labute approximate surface area is 130 Å². The second-order valence-corrected chi connectivity index (χ2v) is 5.95. The molecule has 0 atom stereocenters. The normalized spacial score (nSPS) is 11.8. The zero-order valence-corrected chi connectivity index (χ0v) is 13.6. The molecule has 0 radical (unpaired) electrons. The third-order valence-electron chi connectivity index (χ3n) is 3.59. The maximum atomic E-state index is 12.8. The summed E-state index contributed by atoms with van der Waals surface area (Å²) >= 11 is 3.12. The van der Waals surface area contributed by atoms with Crippen molar-refractivity contribution in [2.45, 2.75) is 26.6 Å². The first-order valence-electron chi connectivity index (χ1n) is 6.42. The highest BCUT2D eigenvalue weighted by atomic mass is 79.9. The number of rotatable bonds is 3. The third-order valence-corrected chi connectivity index (χ3v) is 4.05. The van der Waals surface area contributed by atoms with Gasteiger partial charge in [-0.2, -0.15) is 13.2 Å². The maximum absolute atomic E-state index is 12.8. The van der Waals surface area contributed by atoms with E-state index >= 15 is 0 Å². The van der Waals surface area contributed by atoms with Crippen LogP contribution in [0.15, 0.2) is 28.7 Å². The van der Waals surface area contributed by atoms with Crippen LogP contribution in [0, 0.1) is 13.8 Å². The Balaban J connectivity index is 2.20. The largest absolute Gasteiger partial charge is 0.416 e. The average Bonchev–Trinajstić information content (AvgIpc) is 2.62. The monoisotopic (exact) mass is 360 g/mol. The fraction of sp³-hybridized carbons (Fsp3) is 0.333. The molecule has 0 spiro atoms. The Morgan fingerprint density at radius 2 is 1.81 bits per heavy atom. The average molecular weight is 361 g/mol. The molecule has 0 aliphatic heterocycles. The van der Waals surface area contributed by atoms with Gasteiger partial charge in [-0.15, -0.1) is 0 Å². The summed E-state index contributed by atoms with van der Waals surface area (Å²) in [6.45, 7) is 4.48. The van der Waals surface area contributed by atoms with Crippen LogP contribution in [0.4, 0.5) is 18.9 Å². The maximum Gasteiger partial charge on any atom is 0.416 e. The van der Waals surface area contributed by atoms with Gasteiger partial charge in [0.2, 0.25) is 0 Å². The highest BCUT2D eigenvalue weighted by molar-refractivity contribution is 9.10. The Bertz CT molecular complexity index is 660. The van der Waals surface area contributed by atoms with Gasteiger partial charge in [0.15, 0.2) is 0 Å². The number of aromatic nitrogens is 1. The quantitative estimate of drug-likeness (QED) is 0.811. The Kier molecular flexibility index (Phi) is 4.37. The van der Waals surface area contributed by atoms with E-state index in [1.54, 1.807) is 6.07 Å². The minimum Gasteiger partial charge on any atom is -0.381 e. The molecule has 1 aromatic heterocycles. The van der Waals surface area contributed by atoms with E-state index in [0.717, 1.165) is 29.1 Å². The van der Waals surface area contributed by atoms with Crippen molar-refractivity contribution in [2.24, 2.45) is 7.05 Å². The zero-order valence-electron chi connectivity index (χ0n) is 12.0. The summed E-state index contributed by atoms with van der Waals surface area (Å²) in [5.41, 5.74) is 3.07. The predicted molar refractivity (Wildman–Crippen MR) is 81.4 cm³/mol. The van der Waals surface area contributed by atoms with Gasteiger partial charge < -0.3 is 9.88 Å². The molecule has 0 aliphatic rings. The van der Waals surface area contributed by atoms with E-state index in [0.29, 0.717) is 16.7 Å². The number of aryl methyl sites for hydroxylation is 1. The molecular weight excluding hydrogens is 345 g/mol. The van der Waals surface area contributed by atoms with Crippen LogP contribution in [-0.4, -0.2) is 4.57 Å². The van der Waals surface area contributed by atoms with E-state index in [9.17, 15) is 13.2 Å². The minimum absolute atomic E-state index is 0.404. The SMILES string of the molecule is Cc1cc(CNc2cc(Br)cc(C(F)(F)F)c2)c(C)n1C. The fourth-order valence-corrected chi connectivity index (χ4v) is 2.66. The summed E-state index contributed by atoms with van der Waals surface area (Å²) in [4.78, 5) is 0. The van der Waals surface area contributed by atoms with Crippen LogP contribution in [0.3, 0.4) is 0 Å². The summed E-state index contributed by atoms with van der Waals surface area (Å²) in [6.07, 6.45) is -4.35. The number of anilines is 1. The topological polar surface area (TPSA) is 17.0 Å². The molecule has 0 fully saturated rings. The smallest absolute Gasteiger partial charge is 0.381 e. The molecule has 21 heavy (non-hydrogen) atoms. The van der Waals surface area contributed by atoms with Gasteiger partial charge in [0.05, 0.1) is 5.56 Å². The Morgan fingerprint density at radius 3 is 2.33 bits per heavy atom. The standard InChI is InChI=1S/C15H16BrF3N2/c1-9-4-11(10(2)21(9)3)8-20-14-6-12(15(17,18)19)5-13(16)7-14/h4-7,20H,8H2,1-3H3. The first-order valence-corrected chi connectivity index (χ1v) is 7.21. The fourth-order valence-electron chi connectivity index (χ4n) is 2.16. The Morgan fingerprint density at radius 1 is 1.14 bits per heavy atom. The first kappa shape index (κ1) is 15.9. The van der Waals surface area contributed by atoms with Gasteiger partial charge in [-0.05, 0) is 43.7 Å². The number of hydrogen-bond acceptors (Lipinski definition) is 1. The molecule has 0 amide bonds. The molecule has 1 N–H and O–H groups in total. The van der Waals surface area contributed by atoms with Crippen molar-refractivity contribution < 1.29 is 13.2 Å². The van der Waals surface area contributed by atoms with Gasteiger partial charge in [0.25, 0.3) is 0 Å². The second-order valence-electron chi connectivity index (χ2n) is 5.04. The molecule has 0 unspecified atom stereocenters. The van der Waals surface area contributed by atoms with Gasteiger partial charge in [-0.1, -0.05) is 15.9 Å². The lowest BCUT2D eigenvalue weighted by atomic mass is 10.2. The summed E-state index contributed by atoms with van der Waals surface area (Å²) in [7, 11) is 1.97. The van der Waals surface area contributed by atoms with Crippen LogP contribution in [0.2, 0.25) is 0 Å². The molecule has 0 saturated carbocycles. The van der Waals surface area contributed by atoms with E-state index in [1.807, 2.05) is 27.0 Å². The van der Waals surface area contributed by atoms with Crippen molar-refractivity contribution in [3.63, 3.8) is 0 Å². The van der Waals surface area contributed by atoms with E-state index < -0.39 is 11.7 Å². The number of nitrogens with zero attached hydrogens (tertiary/aromatic N) is 1. The van der Waals surface area contributed by atoms with Crippen LogP contribution in [0.5, 0.6) is 0 Å². The van der Waals surface area contributed by atoms with E-state index in [2.05, 4.69) is 25.8 Å². The lowest BCUT2D eigenvalue weighted by Gasteiger charge is -2.12. The minimum atomic E-state index is -4.35. The van der Waals surface area contributed by atoms with Gasteiger partial charge in [0.1, 0.15) is 0 Å². The molecule has 114 valence electrons. The molecule has 2 aromatic rings. The highest BCUT2D eigenvalue weighted by Gasteiger charge is 2.31. The van der Waals surface area contributed by atoms with Crippen LogP contribution in [0.1, 0.15) is 22.5 Å². The summed E-state index contributed by atoms with van der Waals surface area (Å²) < 4.78 is 40.8. The summed E-state index contributed by atoms with van der Waals surface area (Å²) in [6, 6.07) is 5.87. The van der Waals surface area contributed by atoms with Crippen molar-refractivity contribution in [2.75, 3.05) is 5.32 Å². The Hall–Kier alpha value is -1.43. The van der Waals surface area contributed by atoms with Crippen LogP contribution in [0.25, 0.3) is 0 Å². The molecule has 2 rings (SSSR count). The molecule has 0 aliphatic carbocycles. The third kappa shape index (κ3) is 3.61. The number of alkyl halides is 3. The highest BCUT2D eigenvalue weighted by Crippen LogP contribution is 2.33. The molecule has 0 bridgehead atoms. The number of nitrogens with one attached hydrogen (secondary N) is 1. The number of halogens is 4. The lowest BCUT2D eigenvalue weighted by Crippen LogP contribution is -2.07. The van der Waals surface area contributed by atoms with E-state index in [1.165, 1.54) is 0 Å². The van der Waals surface area contributed by atoms with Gasteiger partial charge in [-0.3, -0.25) is 0 Å².